The Balaban J connectivity index is 1.79. The van der Waals surface area contributed by atoms with Crippen molar-refractivity contribution in [2.24, 2.45) is 7.05 Å². The van der Waals surface area contributed by atoms with E-state index in [9.17, 15) is 14.3 Å². The molecule has 1 aromatic carbocycles. The third-order valence-corrected chi connectivity index (χ3v) is 4.85. The fourth-order valence-corrected chi connectivity index (χ4v) is 3.61. The van der Waals surface area contributed by atoms with E-state index >= 15 is 0 Å². The monoisotopic (exact) mass is 370 g/mol. The molecule has 0 spiro atoms. The minimum absolute atomic E-state index is 0.137. The molecular weight excluding hydrogens is 351 g/mol. The van der Waals surface area contributed by atoms with Crippen molar-refractivity contribution in [3.63, 3.8) is 0 Å². The average molecular weight is 370 g/mol. The predicted molar refractivity (Wildman–Crippen MR) is 97.5 cm³/mol. The van der Waals surface area contributed by atoms with Crippen LogP contribution in [0.4, 0.5) is 10.1 Å². The van der Waals surface area contributed by atoms with Crippen LogP contribution in [0.25, 0.3) is 11.0 Å². The predicted octanol–water partition coefficient (Wildman–Crippen LogP) is 2.69. The number of nitrogens with zero attached hydrogens (tertiary/aromatic N) is 4. The van der Waals surface area contributed by atoms with Gasteiger partial charge in [-0.05, 0) is 24.6 Å². The fraction of sp³-hybridized carbons (Fsp3) is 0.316. The second-order valence-electron chi connectivity index (χ2n) is 6.59. The summed E-state index contributed by atoms with van der Waals surface area (Å²) < 4.78 is 20.7. The zero-order chi connectivity index (χ0) is 19.1. The molecule has 1 N–H and O–H groups in total. The summed E-state index contributed by atoms with van der Waals surface area (Å²) in [6.07, 6.45) is 1.10. The fourth-order valence-electron chi connectivity index (χ4n) is 3.61. The molecule has 3 aromatic rings. The Morgan fingerprint density at radius 1 is 1.33 bits per heavy atom. The Morgan fingerprint density at radius 2 is 2.07 bits per heavy atom. The summed E-state index contributed by atoms with van der Waals surface area (Å²) in [5.74, 6) is -1.34. The van der Waals surface area contributed by atoms with Crippen LogP contribution in [0.15, 0.2) is 30.5 Å². The number of aromatic carboxylic acids is 1. The van der Waals surface area contributed by atoms with Gasteiger partial charge in [0.05, 0.1) is 23.4 Å². The normalized spacial score (nSPS) is 17.4. The topological polar surface area (TPSA) is 80.5 Å². The average Bonchev–Trinajstić information content (AvgIpc) is 2.95. The summed E-state index contributed by atoms with van der Waals surface area (Å²) in [4.78, 5) is 18.1. The molecule has 4 rings (SSSR count). The van der Waals surface area contributed by atoms with Crippen molar-refractivity contribution < 1.29 is 19.0 Å². The van der Waals surface area contributed by atoms with Gasteiger partial charge in [-0.1, -0.05) is 12.1 Å². The Labute approximate surface area is 155 Å². The van der Waals surface area contributed by atoms with Gasteiger partial charge < -0.3 is 14.7 Å². The minimum atomic E-state index is -1.03. The molecule has 140 valence electrons. The number of rotatable bonds is 3. The standard InChI is InChI=1S/C19H19FN4O3/c1-11-16-17(14(19(25)26)9-21-18(16)23(2)22-11)24-7-8-27-15(10-24)12-3-5-13(20)6-4-12/h3-6,9,15H,7-8,10H2,1-2H3,(H,25,26)/t15-/m0/s1. The second kappa shape index (κ2) is 6.62. The van der Waals surface area contributed by atoms with Gasteiger partial charge in [0.15, 0.2) is 5.65 Å². The van der Waals surface area contributed by atoms with E-state index < -0.39 is 5.97 Å². The van der Waals surface area contributed by atoms with Gasteiger partial charge in [0.25, 0.3) is 0 Å². The number of hydrogen-bond donors (Lipinski definition) is 1. The van der Waals surface area contributed by atoms with Crippen molar-refractivity contribution in [2.75, 3.05) is 24.6 Å². The maximum absolute atomic E-state index is 13.2. The first kappa shape index (κ1) is 17.4. The van der Waals surface area contributed by atoms with E-state index in [4.69, 9.17) is 4.74 Å². The number of carbonyl (C=O) groups is 1. The Bertz CT molecular complexity index is 1020. The number of carboxylic acid groups (broad SMARTS) is 1. The van der Waals surface area contributed by atoms with E-state index in [-0.39, 0.29) is 17.5 Å². The summed E-state index contributed by atoms with van der Waals surface area (Å²) in [6, 6.07) is 6.19. The van der Waals surface area contributed by atoms with Gasteiger partial charge in [0.2, 0.25) is 0 Å². The Kier molecular flexibility index (Phi) is 4.27. The summed E-state index contributed by atoms with van der Waals surface area (Å²) in [7, 11) is 1.78. The molecule has 1 aliphatic rings. The van der Waals surface area contributed by atoms with Crippen LogP contribution in [0.5, 0.6) is 0 Å². The Hall–Kier alpha value is -3.00. The van der Waals surface area contributed by atoms with Crippen LogP contribution in [0, 0.1) is 12.7 Å². The highest BCUT2D eigenvalue weighted by Crippen LogP contribution is 2.35. The van der Waals surface area contributed by atoms with Crippen LogP contribution in [0.1, 0.15) is 27.7 Å². The first-order chi connectivity index (χ1) is 13.0. The Morgan fingerprint density at radius 3 is 2.78 bits per heavy atom. The molecule has 0 aliphatic carbocycles. The quantitative estimate of drug-likeness (QED) is 0.764. The molecule has 7 nitrogen and oxygen atoms in total. The smallest absolute Gasteiger partial charge is 0.339 e. The summed E-state index contributed by atoms with van der Waals surface area (Å²) >= 11 is 0. The van der Waals surface area contributed by atoms with E-state index in [0.717, 1.165) is 16.6 Å². The van der Waals surface area contributed by atoms with Crippen LogP contribution in [-0.2, 0) is 11.8 Å². The number of fused-ring (bicyclic) bond motifs is 1. The number of hydrogen-bond acceptors (Lipinski definition) is 5. The number of aromatic nitrogens is 3. The van der Waals surface area contributed by atoms with Gasteiger partial charge in [-0.25, -0.2) is 14.2 Å². The summed E-state index contributed by atoms with van der Waals surface area (Å²) in [5.41, 5.74) is 2.96. The largest absolute Gasteiger partial charge is 0.478 e. The first-order valence-electron chi connectivity index (χ1n) is 8.63. The number of ether oxygens (including phenoxy) is 1. The van der Waals surface area contributed by atoms with Crippen LogP contribution < -0.4 is 4.90 Å². The van der Waals surface area contributed by atoms with Crippen molar-refractivity contribution in [2.45, 2.75) is 13.0 Å². The highest BCUT2D eigenvalue weighted by Gasteiger charge is 2.29. The number of morpholine rings is 1. The van der Waals surface area contributed by atoms with Gasteiger partial charge in [-0.3, -0.25) is 4.68 Å². The third kappa shape index (κ3) is 3.02. The molecule has 1 atom stereocenters. The molecule has 3 heterocycles. The van der Waals surface area contributed by atoms with Crippen LogP contribution in [-0.4, -0.2) is 45.5 Å². The molecule has 2 aromatic heterocycles. The number of halogens is 1. The zero-order valence-electron chi connectivity index (χ0n) is 15.0. The van der Waals surface area contributed by atoms with Gasteiger partial charge in [-0.15, -0.1) is 0 Å². The van der Waals surface area contributed by atoms with Gasteiger partial charge in [-0.2, -0.15) is 5.10 Å². The van der Waals surface area contributed by atoms with E-state index in [1.807, 2.05) is 11.8 Å². The SMILES string of the molecule is Cc1nn(C)c2ncc(C(=O)O)c(N3CCO[C@H](c4ccc(F)cc4)C3)c12. The molecule has 27 heavy (non-hydrogen) atoms. The maximum Gasteiger partial charge on any atom is 0.339 e. The molecule has 1 saturated heterocycles. The first-order valence-corrected chi connectivity index (χ1v) is 8.63. The summed E-state index contributed by atoms with van der Waals surface area (Å²) in [5, 5.41) is 14.8. The van der Waals surface area contributed by atoms with Crippen molar-refractivity contribution in [3.05, 3.63) is 53.1 Å². The third-order valence-electron chi connectivity index (χ3n) is 4.85. The molecule has 0 amide bonds. The lowest BCUT2D eigenvalue weighted by molar-refractivity contribution is 0.0396. The van der Waals surface area contributed by atoms with E-state index in [1.54, 1.807) is 23.9 Å². The number of anilines is 1. The van der Waals surface area contributed by atoms with Crippen molar-refractivity contribution in [3.8, 4) is 0 Å². The maximum atomic E-state index is 13.2. The molecule has 8 heteroatoms. The van der Waals surface area contributed by atoms with Crippen LogP contribution in [0.3, 0.4) is 0 Å². The van der Waals surface area contributed by atoms with Crippen molar-refractivity contribution in [1.82, 2.24) is 14.8 Å². The highest BCUT2D eigenvalue weighted by atomic mass is 19.1. The van der Waals surface area contributed by atoms with E-state index in [0.29, 0.717) is 31.0 Å². The van der Waals surface area contributed by atoms with Crippen molar-refractivity contribution >= 4 is 22.7 Å². The lowest BCUT2D eigenvalue weighted by Gasteiger charge is -2.35. The lowest BCUT2D eigenvalue weighted by Crippen LogP contribution is -2.39. The second-order valence-corrected chi connectivity index (χ2v) is 6.59. The highest BCUT2D eigenvalue weighted by molar-refractivity contribution is 6.04. The van der Waals surface area contributed by atoms with Gasteiger partial charge in [0, 0.05) is 26.3 Å². The van der Waals surface area contributed by atoms with E-state index in [2.05, 4.69) is 10.1 Å². The molecule has 1 aliphatic heterocycles. The minimum Gasteiger partial charge on any atom is -0.478 e. The molecule has 0 saturated carbocycles. The number of carboxylic acids is 1. The molecule has 0 radical (unpaired) electrons. The lowest BCUT2D eigenvalue weighted by atomic mass is 10.0. The molecule has 0 unspecified atom stereocenters. The van der Waals surface area contributed by atoms with Gasteiger partial charge >= 0.3 is 5.97 Å². The van der Waals surface area contributed by atoms with Gasteiger partial charge in [0.1, 0.15) is 17.5 Å². The molecule has 0 bridgehead atoms. The summed E-state index contributed by atoms with van der Waals surface area (Å²) in [6.45, 7) is 3.28. The van der Waals surface area contributed by atoms with Crippen LogP contribution >= 0.6 is 0 Å². The number of pyridine rings is 1. The molecular formula is C19H19FN4O3. The zero-order valence-corrected chi connectivity index (χ0v) is 15.0. The van der Waals surface area contributed by atoms with E-state index in [1.165, 1.54) is 18.3 Å². The number of aryl methyl sites for hydroxylation is 2. The molecule has 1 fully saturated rings. The van der Waals surface area contributed by atoms with Crippen molar-refractivity contribution in [1.29, 1.82) is 0 Å². The number of benzene rings is 1. The van der Waals surface area contributed by atoms with Crippen LogP contribution in [0.2, 0.25) is 0 Å².